The highest BCUT2D eigenvalue weighted by Gasteiger charge is 2.06. The summed E-state index contributed by atoms with van der Waals surface area (Å²) < 4.78 is 11.1. The lowest BCUT2D eigenvalue weighted by Gasteiger charge is -2.11. The van der Waals surface area contributed by atoms with Crippen molar-refractivity contribution in [3.63, 3.8) is 0 Å². The normalized spacial score (nSPS) is 10.5. The molecule has 0 heterocycles. The van der Waals surface area contributed by atoms with Crippen LogP contribution in [0, 0.1) is 0 Å². The van der Waals surface area contributed by atoms with E-state index in [9.17, 15) is 0 Å². The molecule has 23 heavy (non-hydrogen) atoms. The van der Waals surface area contributed by atoms with E-state index in [1.165, 1.54) is 0 Å². The molecule has 0 aliphatic rings. The maximum Gasteiger partial charge on any atom is 0.184 e. The molecular weight excluding hydrogens is 334 g/mol. The Kier molecular flexibility index (Phi) is 6.19. The average molecular weight is 350 g/mol. The molecule has 0 unspecified atom stereocenters. The Labute approximate surface area is 145 Å². The minimum absolute atomic E-state index is 0.106. The Bertz CT molecular complexity index is 705. The third kappa shape index (κ3) is 5.43. The van der Waals surface area contributed by atoms with Gasteiger partial charge in [0.15, 0.2) is 16.6 Å². The standard InChI is InChI=1S/C16H16ClN3O2S/c1-21-14-7-4-12(9-19-20-16(18)23)8-15(14)22-10-11-2-5-13(17)6-3-11/h2-9H,10H2,1H3,(H3,18,20,23). The Morgan fingerprint density at radius 2 is 2.00 bits per heavy atom. The maximum absolute atomic E-state index is 5.87. The first-order chi connectivity index (χ1) is 11.1. The highest BCUT2D eigenvalue weighted by Crippen LogP contribution is 2.28. The number of nitrogens with zero attached hydrogens (tertiary/aromatic N) is 1. The van der Waals surface area contributed by atoms with Crippen LogP contribution in [-0.4, -0.2) is 18.4 Å². The van der Waals surface area contributed by atoms with Crippen LogP contribution in [0.1, 0.15) is 11.1 Å². The molecule has 3 N–H and O–H groups in total. The molecule has 2 aromatic rings. The highest BCUT2D eigenvalue weighted by molar-refractivity contribution is 7.80. The van der Waals surface area contributed by atoms with E-state index in [0.29, 0.717) is 23.1 Å². The van der Waals surface area contributed by atoms with E-state index in [4.69, 9.17) is 26.8 Å². The van der Waals surface area contributed by atoms with Gasteiger partial charge in [-0.3, -0.25) is 5.43 Å². The van der Waals surface area contributed by atoms with E-state index >= 15 is 0 Å². The van der Waals surface area contributed by atoms with Gasteiger partial charge < -0.3 is 15.2 Å². The van der Waals surface area contributed by atoms with Crippen LogP contribution in [0.15, 0.2) is 47.6 Å². The van der Waals surface area contributed by atoms with E-state index in [1.807, 2.05) is 36.4 Å². The van der Waals surface area contributed by atoms with Gasteiger partial charge in [0.05, 0.1) is 13.3 Å². The summed E-state index contributed by atoms with van der Waals surface area (Å²) in [5.41, 5.74) is 9.63. The molecule has 0 spiro atoms. The van der Waals surface area contributed by atoms with E-state index in [-0.39, 0.29) is 5.11 Å². The van der Waals surface area contributed by atoms with Crippen molar-refractivity contribution in [1.82, 2.24) is 5.43 Å². The Balaban J connectivity index is 2.10. The number of hydrogen-bond acceptors (Lipinski definition) is 4. The molecule has 0 aliphatic heterocycles. The maximum atomic E-state index is 5.87. The molecule has 5 nitrogen and oxygen atoms in total. The summed E-state index contributed by atoms with van der Waals surface area (Å²) in [5.74, 6) is 1.25. The van der Waals surface area contributed by atoms with Crippen molar-refractivity contribution in [3.05, 3.63) is 58.6 Å². The van der Waals surface area contributed by atoms with Crippen molar-refractivity contribution in [2.75, 3.05) is 7.11 Å². The van der Waals surface area contributed by atoms with E-state index in [2.05, 4.69) is 22.7 Å². The number of rotatable bonds is 6. The first-order valence-electron chi connectivity index (χ1n) is 6.72. The summed E-state index contributed by atoms with van der Waals surface area (Å²) in [6.07, 6.45) is 1.59. The third-order valence-corrected chi connectivity index (χ3v) is 3.23. The molecule has 2 aromatic carbocycles. The molecule has 0 aromatic heterocycles. The van der Waals surface area contributed by atoms with Crippen LogP contribution in [0.2, 0.25) is 5.02 Å². The summed E-state index contributed by atoms with van der Waals surface area (Å²) in [4.78, 5) is 0. The van der Waals surface area contributed by atoms with Crippen molar-refractivity contribution < 1.29 is 9.47 Å². The minimum atomic E-state index is 0.106. The van der Waals surface area contributed by atoms with Gasteiger partial charge in [0.1, 0.15) is 6.61 Å². The average Bonchev–Trinajstić information content (AvgIpc) is 2.54. The smallest absolute Gasteiger partial charge is 0.184 e. The molecule has 0 radical (unpaired) electrons. The molecule has 120 valence electrons. The van der Waals surface area contributed by atoms with Crippen LogP contribution in [-0.2, 0) is 6.61 Å². The third-order valence-electron chi connectivity index (χ3n) is 2.88. The second kappa shape index (κ2) is 8.36. The van der Waals surface area contributed by atoms with Gasteiger partial charge >= 0.3 is 0 Å². The van der Waals surface area contributed by atoms with Crippen molar-refractivity contribution >= 4 is 35.1 Å². The van der Waals surface area contributed by atoms with Gasteiger partial charge in [-0.1, -0.05) is 23.7 Å². The zero-order chi connectivity index (χ0) is 16.7. The number of hydrazone groups is 1. The molecule has 0 fully saturated rings. The molecule has 0 aliphatic carbocycles. The second-order valence-electron chi connectivity index (χ2n) is 4.56. The predicted octanol–water partition coefficient (Wildman–Crippen LogP) is 3.09. The molecule has 0 saturated heterocycles. The zero-order valence-electron chi connectivity index (χ0n) is 12.5. The van der Waals surface area contributed by atoms with Crippen molar-refractivity contribution in [2.45, 2.75) is 6.61 Å². The topological polar surface area (TPSA) is 68.9 Å². The molecular formula is C16H16ClN3O2S. The van der Waals surface area contributed by atoms with Gasteiger partial charge in [0.25, 0.3) is 0 Å². The van der Waals surface area contributed by atoms with E-state index < -0.39 is 0 Å². The lowest BCUT2D eigenvalue weighted by molar-refractivity contribution is 0.284. The predicted molar refractivity (Wildman–Crippen MR) is 96.3 cm³/mol. The van der Waals surface area contributed by atoms with Gasteiger partial charge in [0, 0.05) is 5.02 Å². The van der Waals surface area contributed by atoms with Gasteiger partial charge in [-0.2, -0.15) is 5.10 Å². The molecule has 0 saturated carbocycles. The van der Waals surface area contributed by atoms with Crippen molar-refractivity contribution in [1.29, 1.82) is 0 Å². The Morgan fingerprint density at radius 3 is 2.65 bits per heavy atom. The SMILES string of the molecule is COc1ccc(C=NNC(N)=S)cc1OCc1ccc(Cl)cc1. The number of benzene rings is 2. The zero-order valence-corrected chi connectivity index (χ0v) is 14.0. The number of nitrogens with two attached hydrogens (primary N) is 1. The van der Waals surface area contributed by atoms with Crippen molar-refractivity contribution in [3.8, 4) is 11.5 Å². The number of ether oxygens (including phenoxy) is 2. The number of hydrogen-bond donors (Lipinski definition) is 2. The summed E-state index contributed by atoms with van der Waals surface area (Å²) >= 11 is 10.5. The number of nitrogens with one attached hydrogen (secondary N) is 1. The van der Waals surface area contributed by atoms with Crippen molar-refractivity contribution in [2.24, 2.45) is 10.8 Å². The minimum Gasteiger partial charge on any atom is -0.493 e. The molecule has 0 atom stereocenters. The van der Waals surface area contributed by atoms with Crippen LogP contribution < -0.4 is 20.6 Å². The highest BCUT2D eigenvalue weighted by atomic mass is 35.5. The number of methoxy groups -OCH3 is 1. The fourth-order valence-electron chi connectivity index (χ4n) is 1.80. The van der Waals surface area contributed by atoms with E-state index in [0.717, 1.165) is 11.1 Å². The molecule has 7 heteroatoms. The fraction of sp³-hybridized carbons (Fsp3) is 0.125. The van der Waals surface area contributed by atoms with E-state index in [1.54, 1.807) is 19.4 Å². The summed E-state index contributed by atoms with van der Waals surface area (Å²) in [7, 11) is 1.59. The van der Waals surface area contributed by atoms with Crippen LogP contribution in [0.3, 0.4) is 0 Å². The van der Waals surface area contributed by atoms with Crippen LogP contribution in [0.5, 0.6) is 11.5 Å². The molecule has 0 amide bonds. The number of thiocarbonyl (C=S) groups is 1. The molecule has 2 rings (SSSR count). The quantitative estimate of drug-likeness (QED) is 0.476. The molecule has 0 bridgehead atoms. The van der Waals surface area contributed by atoms with Gasteiger partial charge in [-0.25, -0.2) is 0 Å². The summed E-state index contributed by atoms with van der Waals surface area (Å²) in [6.45, 7) is 0.402. The summed E-state index contributed by atoms with van der Waals surface area (Å²) in [6, 6.07) is 12.9. The Morgan fingerprint density at radius 1 is 1.26 bits per heavy atom. The lowest BCUT2D eigenvalue weighted by Crippen LogP contribution is -2.23. The fourth-order valence-corrected chi connectivity index (χ4v) is 1.98. The van der Waals surface area contributed by atoms with Crippen LogP contribution in [0.4, 0.5) is 0 Å². The monoisotopic (exact) mass is 349 g/mol. The van der Waals surface area contributed by atoms with Gasteiger partial charge in [-0.15, -0.1) is 0 Å². The largest absolute Gasteiger partial charge is 0.493 e. The van der Waals surface area contributed by atoms with Gasteiger partial charge in [0.2, 0.25) is 0 Å². The Hall–Kier alpha value is -2.31. The lowest BCUT2D eigenvalue weighted by atomic mass is 10.2. The first-order valence-corrected chi connectivity index (χ1v) is 7.51. The number of halogens is 1. The first kappa shape index (κ1) is 17.1. The summed E-state index contributed by atoms with van der Waals surface area (Å²) in [5, 5.41) is 4.71. The van der Waals surface area contributed by atoms with Gasteiger partial charge in [-0.05, 0) is 53.7 Å². The van der Waals surface area contributed by atoms with Crippen LogP contribution >= 0.6 is 23.8 Å². The van der Waals surface area contributed by atoms with Crippen LogP contribution in [0.25, 0.3) is 0 Å². The second-order valence-corrected chi connectivity index (χ2v) is 5.44.